The van der Waals surface area contributed by atoms with Gasteiger partial charge in [0.25, 0.3) is 0 Å². The fourth-order valence-electron chi connectivity index (χ4n) is 3.07. The first-order valence-corrected chi connectivity index (χ1v) is 8.80. The molecule has 11 heteroatoms. The Morgan fingerprint density at radius 1 is 0.806 bits per heavy atom. The zero-order valence-electron chi connectivity index (χ0n) is 15.6. The minimum absolute atomic E-state index is 0.00400. The van der Waals surface area contributed by atoms with Crippen LogP contribution in [0.5, 0.6) is 0 Å². The quantitative estimate of drug-likeness (QED) is 0.526. The molecular formula is C20H14F9NO. The molecule has 1 N–H and O–H groups in total. The summed E-state index contributed by atoms with van der Waals surface area (Å²) >= 11 is 0. The molecule has 2 aromatic rings. The highest BCUT2D eigenvalue weighted by molar-refractivity contribution is 5.67. The highest BCUT2D eigenvalue weighted by atomic mass is 19.4. The van der Waals surface area contributed by atoms with Gasteiger partial charge in [0, 0.05) is 5.56 Å². The number of hydrogen-bond donors (Lipinski definition) is 1. The van der Waals surface area contributed by atoms with Crippen LogP contribution in [0.3, 0.4) is 0 Å². The van der Waals surface area contributed by atoms with Crippen molar-refractivity contribution in [3.8, 4) is 0 Å². The molecule has 1 unspecified atom stereocenters. The number of hydroxylamine groups is 1. The molecule has 31 heavy (non-hydrogen) atoms. The van der Waals surface area contributed by atoms with Gasteiger partial charge in [0.1, 0.15) is 0 Å². The number of nitrogens with one attached hydrogen (secondary N) is 1. The zero-order chi connectivity index (χ0) is 23.2. The summed E-state index contributed by atoms with van der Waals surface area (Å²) in [7, 11) is 0. The van der Waals surface area contributed by atoms with Crippen LogP contribution in [0.25, 0.3) is 5.70 Å². The zero-order valence-corrected chi connectivity index (χ0v) is 15.6. The first-order chi connectivity index (χ1) is 14.2. The maximum absolute atomic E-state index is 14.0. The number of halogens is 9. The molecule has 0 aromatic heterocycles. The van der Waals surface area contributed by atoms with E-state index in [1.165, 1.54) is 12.1 Å². The van der Waals surface area contributed by atoms with Gasteiger partial charge in [-0.1, -0.05) is 31.2 Å². The number of aryl methyl sites for hydroxylation is 1. The summed E-state index contributed by atoms with van der Waals surface area (Å²) in [6.07, 6.45) is -14.9. The fourth-order valence-corrected chi connectivity index (χ4v) is 3.07. The van der Waals surface area contributed by atoms with E-state index in [0.29, 0.717) is 12.5 Å². The lowest BCUT2D eigenvalue weighted by molar-refractivity contribution is -0.269. The molecule has 1 aliphatic rings. The summed E-state index contributed by atoms with van der Waals surface area (Å²) in [5, 5.41) is 0. The second-order valence-corrected chi connectivity index (χ2v) is 6.84. The lowest BCUT2D eigenvalue weighted by atomic mass is 9.88. The van der Waals surface area contributed by atoms with Crippen molar-refractivity contribution < 1.29 is 44.4 Å². The summed E-state index contributed by atoms with van der Waals surface area (Å²) in [5.74, 6) is 0. The Balaban J connectivity index is 2.21. The van der Waals surface area contributed by atoms with E-state index in [2.05, 4.69) is 4.84 Å². The van der Waals surface area contributed by atoms with Crippen LogP contribution in [0.4, 0.5) is 39.5 Å². The van der Waals surface area contributed by atoms with Crippen molar-refractivity contribution in [3.63, 3.8) is 0 Å². The predicted octanol–water partition coefficient (Wildman–Crippen LogP) is 6.62. The Morgan fingerprint density at radius 3 is 1.74 bits per heavy atom. The summed E-state index contributed by atoms with van der Waals surface area (Å²) < 4.78 is 121. The fraction of sp³-hybridized carbons (Fsp3) is 0.300. The van der Waals surface area contributed by atoms with Crippen molar-refractivity contribution in [2.75, 3.05) is 0 Å². The van der Waals surface area contributed by atoms with Crippen LogP contribution < -0.4 is 5.48 Å². The molecule has 0 amide bonds. The van der Waals surface area contributed by atoms with Crippen LogP contribution in [0.1, 0.15) is 34.7 Å². The minimum Gasteiger partial charge on any atom is -0.265 e. The van der Waals surface area contributed by atoms with Crippen molar-refractivity contribution in [2.24, 2.45) is 0 Å². The van der Waals surface area contributed by atoms with Crippen LogP contribution in [-0.4, -0.2) is 6.18 Å². The molecule has 0 fully saturated rings. The number of alkyl halides is 9. The molecule has 1 heterocycles. The van der Waals surface area contributed by atoms with Gasteiger partial charge >= 0.3 is 18.5 Å². The number of hydrogen-bond acceptors (Lipinski definition) is 2. The van der Waals surface area contributed by atoms with Crippen molar-refractivity contribution in [1.29, 1.82) is 0 Å². The van der Waals surface area contributed by atoms with Gasteiger partial charge in [-0.3, -0.25) is 10.3 Å². The first-order valence-electron chi connectivity index (χ1n) is 8.80. The van der Waals surface area contributed by atoms with Gasteiger partial charge < -0.3 is 0 Å². The lowest BCUT2D eigenvalue weighted by Gasteiger charge is -2.29. The standard InChI is InChI=1S/C20H14F9NO/c1-2-11-3-5-12(6-4-11)16-10-17(31-30-16,20(27,28)29)13-7-14(18(21,22)23)9-15(8-13)19(24,25)26/h3-10,30H,2H2,1H3. The van der Waals surface area contributed by atoms with E-state index in [0.717, 1.165) is 5.56 Å². The van der Waals surface area contributed by atoms with E-state index in [1.54, 1.807) is 12.1 Å². The van der Waals surface area contributed by atoms with Crippen LogP contribution in [-0.2, 0) is 29.2 Å². The van der Waals surface area contributed by atoms with Crippen molar-refractivity contribution in [3.05, 3.63) is 76.4 Å². The van der Waals surface area contributed by atoms with Crippen molar-refractivity contribution in [2.45, 2.75) is 37.5 Å². The molecule has 0 saturated heterocycles. The molecule has 0 radical (unpaired) electrons. The highest BCUT2D eigenvalue weighted by Crippen LogP contribution is 2.49. The van der Waals surface area contributed by atoms with Crippen LogP contribution in [0.15, 0.2) is 48.5 Å². The van der Waals surface area contributed by atoms with Gasteiger partial charge in [0.2, 0.25) is 5.60 Å². The predicted molar refractivity (Wildman–Crippen MR) is 92.2 cm³/mol. The van der Waals surface area contributed by atoms with Gasteiger partial charge in [0.05, 0.1) is 16.8 Å². The molecule has 168 valence electrons. The van der Waals surface area contributed by atoms with E-state index in [-0.39, 0.29) is 29.5 Å². The van der Waals surface area contributed by atoms with E-state index >= 15 is 0 Å². The Kier molecular flexibility index (Phi) is 5.54. The molecule has 1 aliphatic heterocycles. The van der Waals surface area contributed by atoms with Gasteiger partial charge in [-0.2, -0.15) is 39.5 Å². The molecule has 0 bridgehead atoms. The van der Waals surface area contributed by atoms with E-state index in [4.69, 9.17) is 0 Å². The molecule has 0 aliphatic carbocycles. The molecule has 0 saturated carbocycles. The lowest BCUT2D eigenvalue weighted by Crippen LogP contribution is -2.43. The Morgan fingerprint density at radius 2 is 1.32 bits per heavy atom. The normalized spacial score (nSPS) is 19.9. The van der Waals surface area contributed by atoms with Crippen LogP contribution in [0, 0.1) is 0 Å². The van der Waals surface area contributed by atoms with Crippen molar-refractivity contribution >= 4 is 5.70 Å². The van der Waals surface area contributed by atoms with E-state index < -0.39 is 40.8 Å². The minimum atomic E-state index is -5.38. The largest absolute Gasteiger partial charge is 0.428 e. The third-order valence-electron chi connectivity index (χ3n) is 4.78. The van der Waals surface area contributed by atoms with E-state index in [9.17, 15) is 39.5 Å². The second-order valence-electron chi connectivity index (χ2n) is 6.84. The summed E-state index contributed by atoms with van der Waals surface area (Å²) in [5.41, 5.74) is -5.82. The van der Waals surface area contributed by atoms with Crippen LogP contribution in [0.2, 0.25) is 0 Å². The van der Waals surface area contributed by atoms with E-state index in [1.807, 2.05) is 12.4 Å². The third kappa shape index (κ3) is 4.36. The summed E-state index contributed by atoms with van der Waals surface area (Å²) in [4.78, 5) is 4.65. The SMILES string of the molecule is CCc1ccc(C2=CC(c3cc(C(F)(F)F)cc(C(F)(F)F)c3)(C(F)(F)F)ON2)cc1. The number of rotatable bonds is 3. The second kappa shape index (κ2) is 7.47. The Bertz CT molecular complexity index is 955. The topological polar surface area (TPSA) is 21.3 Å². The maximum Gasteiger partial charge on any atom is 0.428 e. The molecule has 0 spiro atoms. The van der Waals surface area contributed by atoms with Crippen molar-refractivity contribution in [1.82, 2.24) is 5.48 Å². The maximum atomic E-state index is 14.0. The molecule has 3 rings (SSSR count). The third-order valence-corrected chi connectivity index (χ3v) is 4.78. The van der Waals surface area contributed by atoms with Gasteiger partial charge in [-0.05, 0) is 41.8 Å². The highest BCUT2D eigenvalue weighted by Gasteiger charge is 2.60. The first kappa shape index (κ1) is 23.0. The average Bonchev–Trinajstić information content (AvgIpc) is 3.13. The molecule has 1 atom stereocenters. The van der Waals surface area contributed by atoms with Crippen LogP contribution >= 0.6 is 0 Å². The summed E-state index contributed by atoms with van der Waals surface area (Å²) in [6.45, 7) is 1.85. The Hall–Kier alpha value is -2.69. The Labute approximate surface area is 170 Å². The smallest absolute Gasteiger partial charge is 0.265 e. The summed E-state index contributed by atoms with van der Waals surface area (Å²) in [6, 6.07) is 5.93. The average molecular weight is 455 g/mol. The number of benzene rings is 2. The monoisotopic (exact) mass is 455 g/mol. The molecular weight excluding hydrogens is 441 g/mol. The van der Waals surface area contributed by atoms with Gasteiger partial charge in [-0.15, -0.1) is 0 Å². The molecule has 2 nitrogen and oxygen atoms in total. The van der Waals surface area contributed by atoms with Gasteiger partial charge in [-0.25, -0.2) is 0 Å². The molecule has 2 aromatic carbocycles. The van der Waals surface area contributed by atoms with Gasteiger partial charge in [0.15, 0.2) is 0 Å².